The molecule has 1 fully saturated rings. The highest BCUT2D eigenvalue weighted by atomic mass is 32.2. The van der Waals surface area contributed by atoms with Crippen LogP contribution < -0.4 is 10.1 Å². The Balaban J connectivity index is 1.38. The largest absolute Gasteiger partial charge is 0.490 e. The molecule has 1 unspecified atom stereocenters. The number of amides is 1. The highest BCUT2D eigenvalue weighted by Crippen LogP contribution is 2.28. The van der Waals surface area contributed by atoms with E-state index in [-0.39, 0.29) is 29.2 Å². The van der Waals surface area contributed by atoms with Gasteiger partial charge in [-0.3, -0.25) is 19.8 Å². The summed E-state index contributed by atoms with van der Waals surface area (Å²) in [5.41, 5.74) is 1.97. The van der Waals surface area contributed by atoms with E-state index in [0.29, 0.717) is 18.9 Å². The van der Waals surface area contributed by atoms with Crippen molar-refractivity contribution in [2.45, 2.75) is 18.4 Å². The molecule has 0 bridgehead atoms. The van der Waals surface area contributed by atoms with E-state index in [0.717, 1.165) is 25.2 Å². The Morgan fingerprint density at radius 1 is 1.29 bits per heavy atom. The number of nitro groups is 1. The standard InChI is InChI=1S/C22H27N3O5S/c1-29-21-8-7-18(11-20(21)25(27)28)15-31-16-22(26)23-12-19-14-24(9-10-30-19)13-17-5-3-2-4-6-17/h2-8,11,19H,9-10,12-16H2,1H3,(H,23,26). The number of thioether (sulfide) groups is 1. The number of hydrogen-bond acceptors (Lipinski definition) is 7. The van der Waals surface area contributed by atoms with Gasteiger partial charge in [0.1, 0.15) is 0 Å². The number of hydrogen-bond donors (Lipinski definition) is 1. The molecule has 1 amide bonds. The van der Waals surface area contributed by atoms with E-state index in [1.807, 2.05) is 18.2 Å². The fourth-order valence-electron chi connectivity index (χ4n) is 3.40. The van der Waals surface area contributed by atoms with Crippen molar-refractivity contribution in [1.82, 2.24) is 10.2 Å². The van der Waals surface area contributed by atoms with Gasteiger partial charge in [0, 0.05) is 38.0 Å². The van der Waals surface area contributed by atoms with Crippen molar-refractivity contribution in [3.63, 3.8) is 0 Å². The smallest absolute Gasteiger partial charge is 0.311 e. The zero-order valence-corrected chi connectivity index (χ0v) is 18.3. The molecular weight excluding hydrogens is 418 g/mol. The van der Waals surface area contributed by atoms with Gasteiger partial charge in [0.25, 0.3) is 0 Å². The molecule has 0 radical (unpaired) electrons. The highest BCUT2D eigenvalue weighted by Gasteiger charge is 2.21. The number of ether oxygens (including phenoxy) is 2. The van der Waals surface area contributed by atoms with Crippen LogP contribution in [0.2, 0.25) is 0 Å². The minimum absolute atomic E-state index is 0.0318. The predicted octanol–water partition coefficient (Wildman–Crippen LogP) is 2.85. The lowest BCUT2D eigenvalue weighted by Crippen LogP contribution is -2.47. The van der Waals surface area contributed by atoms with Crippen LogP contribution in [0.15, 0.2) is 48.5 Å². The zero-order valence-electron chi connectivity index (χ0n) is 17.5. The first-order valence-corrected chi connectivity index (χ1v) is 11.2. The summed E-state index contributed by atoms with van der Waals surface area (Å²) in [5.74, 6) is 0.936. The second-order valence-corrected chi connectivity index (χ2v) is 8.26. The van der Waals surface area contributed by atoms with Gasteiger partial charge >= 0.3 is 5.69 Å². The van der Waals surface area contributed by atoms with Crippen molar-refractivity contribution >= 4 is 23.4 Å². The molecule has 9 heteroatoms. The number of nitro benzene ring substituents is 1. The number of benzene rings is 2. The first-order valence-electron chi connectivity index (χ1n) is 10.1. The predicted molar refractivity (Wildman–Crippen MR) is 120 cm³/mol. The summed E-state index contributed by atoms with van der Waals surface area (Å²) in [6, 6.07) is 15.1. The molecule has 0 aliphatic carbocycles. The summed E-state index contributed by atoms with van der Waals surface area (Å²) in [6.45, 7) is 3.65. The molecule has 31 heavy (non-hydrogen) atoms. The Hall–Kier alpha value is -2.62. The Morgan fingerprint density at radius 2 is 2.10 bits per heavy atom. The molecule has 1 N–H and O–H groups in total. The maximum Gasteiger partial charge on any atom is 0.311 e. The maximum absolute atomic E-state index is 12.2. The average Bonchev–Trinajstić information content (AvgIpc) is 2.78. The van der Waals surface area contributed by atoms with Crippen LogP contribution in [-0.4, -0.2) is 60.9 Å². The second kappa shape index (κ2) is 11.7. The molecule has 8 nitrogen and oxygen atoms in total. The number of rotatable bonds is 10. The third kappa shape index (κ3) is 7.23. The third-order valence-corrected chi connectivity index (χ3v) is 5.94. The quantitative estimate of drug-likeness (QED) is 0.444. The molecule has 2 aromatic carbocycles. The Labute approximate surface area is 186 Å². The molecule has 1 aliphatic heterocycles. The Kier molecular flexibility index (Phi) is 8.69. The van der Waals surface area contributed by atoms with Crippen LogP contribution in [0.5, 0.6) is 5.75 Å². The highest BCUT2D eigenvalue weighted by molar-refractivity contribution is 7.99. The van der Waals surface area contributed by atoms with Crippen molar-refractivity contribution in [2.24, 2.45) is 0 Å². The summed E-state index contributed by atoms with van der Waals surface area (Å²) in [7, 11) is 1.40. The average molecular weight is 446 g/mol. The van der Waals surface area contributed by atoms with E-state index < -0.39 is 4.92 Å². The fraction of sp³-hybridized carbons (Fsp3) is 0.409. The van der Waals surface area contributed by atoms with Gasteiger partial charge in [0.15, 0.2) is 5.75 Å². The number of carbonyl (C=O) groups is 1. The van der Waals surface area contributed by atoms with Crippen LogP contribution >= 0.6 is 11.8 Å². The van der Waals surface area contributed by atoms with Gasteiger partial charge in [-0.05, 0) is 17.2 Å². The van der Waals surface area contributed by atoms with Crippen molar-refractivity contribution in [3.8, 4) is 5.75 Å². The van der Waals surface area contributed by atoms with Gasteiger partial charge in [-0.25, -0.2) is 0 Å². The maximum atomic E-state index is 12.2. The lowest BCUT2D eigenvalue weighted by Gasteiger charge is -2.33. The van der Waals surface area contributed by atoms with Gasteiger partial charge in [0.2, 0.25) is 5.91 Å². The molecule has 2 aromatic rings. The van der Waals surface area contributed by atoms with Crippen LogP contribution in [0, 0.1) is 10.1 Å². The monoisotopic (exact) mass is 445 g/mol. The van der Waals surface area contributed by atoms with Crippen molar-refractivity contribution < 1.29 is 19.2 Å². The molecule has 1 saturated heterocycles. The van der Waals surface area contributed by atoms with Crippen molar-refractivity contribution in [1.29, 1.82) is 0 Å². The molecule has 0 spiro atoms. The number of morpholine rings is 1. The van der Waals surface area contributed by atoms with Crippen LogP contribution in [0.4, 0.5) is 5.69 Å². The Morgan fingerprint density at radius 3 is 2.84 bits per heavy atom. The Bertz CT molecular complexity index is 881. The van der Waals surface area contributed by atoms with Crippen molar-refractivity contribution in [2.75, 3.05) is 39.1 Å². The van der Waals surface area contributed by atoms with Crippen LogP contribution in [0.1, 0.15) is 11.1 Å². The number of carbonyl (C=O) groups excluding carboxylic acids is 1. The minimum Gasteiger partial charge on any atom is -0.490 e. The SMILES string of the molecule is COc1ccc(CSCC(=O)NCC2CN(Cc3ccccc3)CCO2)cc1[N+](=O)[O-]. The second-order valence-electron chi connectivity index (χ2n) is 7.27. The minimum atomic E-state index is -0.467. The van der Waals surface area contributed by atoms with Gasteiger partial charge in [-0.2, -0.15) is 0 Å². The van der Waals surface area contributed by atoms with E-state index in [9.17, 15) is 14.9 Å². The molecule has 1 aliphatic rings. The summed E-state index contributed by atoms with van der Waals surface area (Å²) in [6.07, 6.45) is -0.0318. The molecule has 0 saturated carbocycles. The van der Waals surface area contributed by atoms with E-state index in [1.54, 1.807) is 12.1 Å². The molecular formula is C22H27N3O5S. The third-order valence-electron chi connectivity index (χ3n) is 4.94. The van der Waals surface area contributed by atoms with Gasteiger partial charge in [-0.15, -0.1) is 11.8 Å². The lowest BCUT2D eigenvalue weighted by molar-refractivity contribution is -0.385. The lowest BCUT2D eigenvalue weighted by atomic mass is 10.2. The number of nitrogens with one attached hydrogen (secondary N) is 1. The van der Waals surface area contributed by atoms with E-state index >= 15 is 0 Å². The first-order chi connectivity index (χ1) is 15.0. The fourth-order valence-corrected chi connectivity index (χ4v) is 4.20. The van der Waals surface area contributed by atoms with E-state index in [2.05, 4.69) is 22.3 Å². The molecule has 1 atom stereocenters. The van der Waals surface area contributed by atoms with Gasteiger partial charge in [-0.1, -0.05) is 36.4 Å². The van der Waals surface area contributed by atoms with Crippen LogP contribution in [0.25, 0.3) is 0 Å². The van der Waals surface area contributed by atoms with E-state index in [4.69, 9.17) is 9.47 Å². The summed E-state index contributed by atoms with van der Waals surface area (Å²) in [4.78, 5) is 25.2. The van der Waals surface area contributed by atoms with Crippen molar-refractivity contribution in [3.05, 3.63) is 69.8 Å². The number of nitrogens with zero attached hydrogens (tertiary/aromatic N) is 2. The molecule has 166 valence electrons. The van der Waals surface area contributed by atoms with Gasteiger partial charge in [0.05, 0.1) is 30.5 Å². The van der Waals surface area contributed by atoms with Crippen LogP contribution in [-0.2, 0) is 21.8 Å². The molecule has 3 rings (SSSR count). The summed E-state index contributed by atoms with van der Waals surface area (Å²) < 4.78 is 10.8. The van der Waals surface area contributed by atoms with Gasteiger partial charge < -0.3 is 14.8 Å². The summed E-state index contributed by atoms with van der Waals surface area (Å²) in [5, 5.41) is 14.0. The first kappa shape index (κ1) is 23.1. The normalized spacial score (nSPS) is 16.6. The topological polar surface area (TPSA) is 93.9 Å². The summed E-state index contributed by atoms with van der Waals surface area (Å²) >= 11 is 1.41. The zero-order chi connectivity index (χ0) is 22.1. The number of methoxy groups -OCH3 is 1. The van der Waals surface area contributed by atoms with Crippen LogP contribution in [0.3, 0.4) is 0 Å². The molecule has 0 aromatic heterocycles. The van der Waals surface area contributed by atoms with E-state index in [1.165, 1.54) is 30.5 Å². The molecule has 1 heterocycles.